The van der Waals surface area contributed by atoms with E-state index in [0.717, 1.165) is 6.42 Å². The van der Waals surface area contributed by atoms with E-state index in [1.807, 2.05) is 0 Å². The molecule has 0 heterocycles. The number of rotatable bonds is 7. The third-order valence-corrected chi connectivity index (χ3v) is 4.19. The second-order valence-electron chi connectivity index (χ2n) is 5.70. The van der Waals surface area contributed by atoms with Gasteiger partial charge >= 0.3 is 0 Å². The van der Waals surface area contributed by atoms with Crippen LogP contribution in [0.2, 0.25) is 0 Å². The maximum Gasteiger partial charge on any atom is 0.0713 e. The first kappa shape index (κ1) is 16.2. The largest absolute Gasteiger partial charge is 0.380 e. The van der Waals surface area contributed by atoms with E-state index >= 15 is 0 Å². The normalized spacial score (nSPS) is 13.8. The SMILES string of the molecule is CCC(C)(C)N(C)C(CN)c1ccc(COC)cc1. The smallest absolute Gasteiger partial charge is 0.0713 e. The van der Waals surface area contributed by atoms with Gasteiger partial charge in [-0.05, 0) is 38.4 Å². The van der Waals surface area contributed by atoms with E-state index in [-0.39, 0.29) is 11.6 Å². The molecule has 0 aliphatic rings. The number of likely N-dealkylation sites (N-methyl/N-ethyl adjacent to an activating group) is 1. The molecule has 108 valence electrons. The molecule has 1 aromatic rings. The zero-order valence-corrected chi connectivity index (χ0v) is 12.9. The minimum Gasteiger partial charge on any atom is -0.380 e. The van der Waals surface area contributed by atoms with Gasteiger partial charge in [0.05, 0.1) is 6.61 Å². The Morgan fingerprint density at radius 2 is 1.84 bits per heavy atom. The van der Waals surface area contributed by atoms with Crippen LogP contribution < -0.4 is 5.73 Å². The van der Waals surface area contributed by atoms with Gasteiger partial charge in [0.2, 0.25) is 0 Å². The highest BCUT2D eigenvalue weighted by Crippen LogP contribution is 2.28. The lowest BCUT2D eigenvalue weighted by molar-refractivity contribution is 0.100. The fraction of sp³-hybridized carbons (Fsp3) is 0.625. The summed E-state index contributed by atoms with van der Waals surface area (Å²) in [7, 11) is 3.87. The van der Waals surface area contributed by atoms with Gasteiger partial charge < -0.3 is 10.5 Å². The molecule has 1 unspecified atom stereocenters. The van der Waals surface area contributed by atoms with Crippen LogP contribution in [0.15, 0.2) is 24.3 Å². The molecule has 0 aromatic heterocycles. The molecule has 0 saturated carbocycles. The summed E-state index contributed by atoms with van der Waals surface area (Å²) in [4.78, 5) is 2.37. The van der Waals surface area contributed by atoms with E-state index in [1.165, 1.54) is 11.1 Å². The lowest BCUT2D eigenvalue weighted by Crippen LogP contribution is -2.45. The molecule has 1 aromatic carbocycles. The Hall–Kier alpha value is -0.900. The molecule has 2 N–H and O–H groups in total. The second kappa shape index (κ2) is 7.04. The molecule has 0 fully saturated rings. The van der Waals surface area contributed by atoms with Gasteiger partial charge in [-0.2, -0.15) is 0 Å². The van der Waals surface area contributed by atoms with Crippen molar-refractivity contribution >= 4 is 0 Å². The lowest BCUT2D eigenvalue weighted by Gasteiger charge is -2.40. The highest BCUT2D eigenvalue weighted by atomic mass is 16.5. The molecule has 3 heteroatoms. The maximum atomic E-state index is 5.99. The fourth-order valence-corrected chi connectivity index (χ4v) is 2.19. The summed E-state index contributed by atoms with van der Waals surface area (Å²) < 4.78 is 5.14. The standard InChI is InChI=1S/C16H28N2O/c1-6-16(2,3)18(4)15(11-17)14-9-7-13(8-10-14)12-19-5/h7-10,15H,6,11-12,17H2,1-5H3. The molecular formula is C16H28N2O. The molecule has 19 heavy (non-hydrogen) atoms. The highest BCUT2D eigenvalue weighted by molar-refractivity contribution is 5.25. The van der Waals surface area contributed by atoms with Gasteiger partial charge in [0, 0.05) is 25.2 Å². The van der Waals surface area contributed by atoms with Crippen LogP contribution >= 0.6 is 0 Å². The number of ether oxygens (including phenoxy) is 1. The molecule has 1 rings (SSSR count). The minimum absolute atomic E-state index is 0.148. The summed E-state index contributed by atoms with van der Waals surface area (Å²) in [6, 6.07) is 8.82. The first-order valence-corrected chi connectivity index (χ1v) is 6.97. The molecule has 0 bridgehead atoms. The molecule has 0 aliphatic carbocycles. The number of hydrogen-bond acceptors (Lipinski definition) is 3. The first-order valence-electron chi connectivity index (χ1n) is 6.97. The molecular weight excluding hydrogens is 236 g/mol. The van der Waals surface area contributed by atoms with Crippen molar-refractivity contribution in [2.45, 2.75) is 45.4 Å². The van der Waals surface area contributed by atoms with E-state index in [1.54, 1.807) is 7.11 Å². The second-order valence-corrected chi connectivity index (χ2v) is 5.70. The van der Waals surface area contributed by atoms with Crippen LogP contribution in [-0.2, 0) is 11.3 Å². The Balaban J connectivity index is 2.90. The summed E-state index contributed by atoms with van der Waals surface area (Å²) in [5.74, 6) is 0. The predicted octanol–water partition coefficient (Wildman–Crippen LogP) is 2.95. The van der Waals surface area contributed by atoms with Crippen LogP contribution in [0, 0.1) is 0 Å². The van der Waals surface area contributed by atoms with Crippen molar-refractivity contribution in [2.75, 3.05) is 20.7 Å². The van der Waals surface area contributed by atoms with Crippen molar-refractivity contribution in [1.82, 2.24) is 4.90 Å². The molecule has 0 spiro atoms. The number of nitrogens with zero attached hydrogens (tertiary/aromatic N) is 1. The maximum absolute atomic E-state index is 5.99. The summed E-state index contributed by atoms with van der Waals surface area (Å²) in [6.45, 7) is 8.02. The van der Waals surface area contributed by atoms with Crippen molar-refractivity contribution < 1.29 is 4.74 Å². The number of hydrogen-bond donors (Lipinski definition) is 1. The van der Waals surface area contributed by atoms with Crippen LogP contribution in [0.25, 0.3) is 0 Å². The number of benzene rings is 1. The third-order valence-electron chi connectivity index (χ3n) is 4.19. The molecule has 3 nitrogen and oxygen atoms in total. The van der Waals surface area contributed by atoms with Crippen molar-refractivity contribution in [3.05, 3.63) is 35.4 Å². The van der Waals surface area contributed by atoms with Gasteiger partial charge in [0.1, 0.15) is 0 Å². The van der Waals surface area contributed by atoms with Crippen LogP contribution in [0.5, 0.6) is 0 Å². The van der Waals surface area contributed by atoms with Gasteiger partial charge in [-0.1, -0.05) is 31.2 Å². The average Bonchev–Trinajstić information content (AvgIpc) is 2.41. The van der Waals surface area contributed by atoms with E-state index in [0.29, 0.717) is 13.2 Å². The lowest BCUT2D eigenvalue weighted by atomic mass is 9.94. The van der Waals surface area contributed by atoms with E-state index in [4.69, 9.17) is 10.5 Å². The summed E-state index contributed by atoms with van der Waals surface area (Å²) >= 11 is 0. The zero-order chi connectivity index (χ0) is 14.5. The van der Waals surface area contributed by atoms with E-state index < -0.39 is 0 Å². The summed E-state index contributed by atoms with van der Waals surface area (Å²) in [5, 5.41) is 0. The van der Waals surface area contributed by atoms with Crippen LogP contribution in [-0.4, -0.2) is 31.1 Å². The van der Waals surface area contributed by atoms with Crippen molar-refractivity contribution in [3.63, 3.8) is 0 Å². The van der Waals surface area contributed by atoms with E-state index in [2.05, 4.69) is 57.0 Å². The third kappa shape index (κ3) is 4.03. The average molecular weight is 264 g/mol. The zero-order valence-electron chi connectivity index (χ0n) is 12.9. The highest BCUT2D eigenvalue weighted by Gasteiger charge is 2.27. The van der Waals surface area contributed by atoms with Crippen LogP contribution in [0.1, 0.15) is 44.4 Å². The van der Waals surface area contributed by atoms with Crippen molar-refractivity contribution in [3.8, 4) is 0 Å². The summed E-state index contributed by atoms with van der Waals surface area (Å²) in [6.07, 6.45) is 1.10. The molecule has 0 saturated heterocycles. The van der Waals surface area contributed by atoms with Crippen LogP contribution in [0.4, 0.5) is 0 Å². The number of nitrogens with two attached hydrogens (primary N) is 1. The Bertz CT molecular complexity index is 373. The Morgan fingerprint density at radius 1 is 1.26 bits per heavy atom. The molecule has 0 aliphatic heterocycles. The van der Waals surface area contributed by atoms with E-state index in [9.17, 15) is 0 Å². The minimum atomic E-state index is 0.148. The molecule has 0 radical (unpaired) electrons. The summed E-state index contributed by atoms with van der Waals surface area (Å²) in [5.41, 5.74) is 8.60. The van der Waals surface area contributed by atoms with Gasteiger partial charge in [-0.25, -0.2) is 0 Å². The fourth-order valence-electron chi connectivity index (χ4n) is 2.19. The van der Waals surface area contributed by atoms with Crippen LogP contribution in [0.3, 0.4) is 0 Å². The Kier molecular flexibility index (Phi) is 5.98. The number of methoxy groups -OCH3 is 1. The molecule has 0 amide bonds. The first-order chi connectivity index (χ1) is 8.96. The molecule has 1 atom stereocenters. The van der Waals surface area contributed by atoms with Gasteiger partial charge in [-0.3, -0.25) is 4.90 Å². The quantitative estimate of drug-likeness (QED) is 0.823. The predicted molar refractivity (Wildman–Crippen MR) is 81.1 cm³/mol. The van der Waals surface area contributed by atoms with Gasteiger partial charge in [-0.15, -0.1) is 0 Å². The van der Waals surface area contributed by atoms with Gasteiger partial charge in [0.25, 0.3) is 0 Å². The van der Waals surface area contributed by atoms with Gasteiger partial charge in [0.15, 0.2) is 0 Å². The van der Waals surface area contributed by atoms with Crippen molar-refractivity contribution in [1.29, 1.82) is 0 Å². The monoisotopic (exact) mass is 264 g/mol. The topological polar surface area (TPSA) is 38.5 Å². The Morgan fingerprint density at radius 3 is 2.26 bits per heavy atom. The van der Waals surface area contributed by atoms with Crippen molar-refractivity contribution in [2.24, 2.45) is 5.73 Å². The Labute approximate surface area is 117 Å².